The lowest BCUT2D eigenvalue weighted by atomic mass is 10.00. The smallest absolute Gasteiger partial charge is 0.122 e. The zero-order valence-electron chi connectivity index (χ0n) is 19.3. The normalized spacial score (nSPS) is 15.6. The van der Waals surface area contributed by atoms with Gasteiger partial charge in [-0.25, -0.2) is 0 Å². The van der Waals surface area contributed by atoms with Gasteiger partial charge in [0, 0.05) is 19.5 Å². The SMILES string of the molecule is Cc1ccc2c(c1)Cc1cccc(c1)CN(Cc1ccc(C)c(C)c1)CCCCCO2. The van der Waals surface area contributed by atoms with Crippen LogP contribution in [0.3, 0.4) is 0 Å². The van der Waals surface area contributed by atoms with E-state index in [1.165, 1.54) is 51.8 Å². The maximum atomic E-state index is 6.19. The van der Waals surface area contributed by atoms with Gasteiger partial charge in [0.2, 0.25) is 0 Å². The maximum Gasteiger partial charge on any atom is 0.122 e. The van der Waals surface area contributed by atoms with Crippen LogP contribution in [0.25, 0.3) is 0 Å². The van der Waals surface area contributed by atoms with Gasteiger partial charge in [-0.05, 0) is 86.0 Å². The summed E-state index contributed by atoms with van der Waals surface area (Å²) in [5, 5.41) is 0. The Kier molecular flexibility index (Phi) is 7.09. The van der Waals surface area contributed by atoms with Crippen molar-refractivity contribution in [2.45, 2.75) is 59.5 Å². The zero-order valence-corrected chi connectivity index (χ0v) is 19.3. The average molecular weight is 414 g/mol. The van der Waals surface area contributed by atoms with Crippen molar-refractivity contribution in [1.29, 1.82) is 0 Å². The highest BCUT2D eigenvalue weighted by Crippen LogP contribution is 2.25. The molecule has 2 nitrogen and oxygen atoms in total. The van der Waals surface area contributed by atoms with Crippen molar-refractivity contribution >= 4 is 0 Å². The van der Waals surface area contributed by atoms with Gasteiger partial charge in [-0.3, -0.25) is 4.90 Å². The quantitative estimate of drug-likeness (QED) is 0.460. The number of fused-ring (bicyclic) bond motifs is 3. The number of benzene rings is 3. The minimum atomic E-state index is 0.799. The van der Waals surface area contributed by atoms with Gasteiger partial charge in [-0.1, -0.05) is 60.2 Å². The minimum Gasteiger partial charge on any atom is -0.493 e. The molecule has 1 aliphatic rings. The maximum absolute atomic E-state index is 6.19. The summed E-state index contributed by atoms with van der Waals surface area (Å²) in [5.74, 6) is 1.05. The van der Waals surface area contributed by atoms with Crippen LogP contribution in [-0.4, -0.2) is 18.1 Å². The van der Waals surface area contributed by atoms with E-state index in [4.69, 9.17) is 4.74 Å². The lowest BCUT2D eigenvalue weighted by Crippen LogP contribution is -2.24. The third kappa shape index (κ3) is 5.98. The summed E-state index contributed by atoms with van der Waals surface area (Å²) in [6.07, 6.45) is 4.43. The van der Waals surface area contributed by atoms with E-state index in [0.29, 0.717) is 0 Å². The Morgan fingerprint density at radius 3 is 2.55 bits per heavy atom. The summed E-state index contributed by atoms with van der Waals surface area (Å²) in [4.78, 5) is 2.61. The van der Waals surface area contributed by atoms with Gasteiger partial charge < -0.3 is 4.74 Å². The van der Waals surface area contributed by atoms with Crippen LogP contribution in [0.4, 0.5) is 0 Å². The molecule has 3 aromatic carbocycles. The Bertz CT molecular complexity index is 1020. The first kappa shape index (κ1) is 21.6. The van der Waals surface area contributed by atoms with Gasteiger partial charge in [0.25, 0.3) is 0 Å². The topological polar surface area (TPSA) is 12.5 Å². The summed E-state index contributed by atoms with van der Waals surface area (Å²) < 4.78 is 6.19. The third-order valence-corrected chi connectivity index (χ3v) is 6.36. The molecule has 31 heavy (non-hydrogen) atoms. The van der Waals surface area contributed by atoms with E-state index < -0.39 is 0 Å². The minimum absolute atomic E-state index is 0.799. The zero-order chi connectivity index (χ0) is 21.6. The van der Waals surface area contributed by atoms with E-state index >= 15 is 0 Å². The van der Waals surface area contributed by atoms with Crippen LogP contribution in [-0.2, 0) is 19.5 Å². The van der Waals surface area contributed by atoms with E-state index in [9.17, 15) is 0 Å². The third-order valence-electron chi connectivity index (χ3n) is 6.36. The van der Waals surface area contributed by atoms with Gasteiger partial charge in [0.1, 0.15) is 5.75 Å². The fourth-order valence-corrected chi connectivity index (χ4v) is 4.47. The lowest BCUT2D eigenvalue weighted by molar-refractivity contribution is 0.243. The predicted octanol–water partition coefficient (Wildman–Crippen LogP) is 6.77. The van der Waals surface area contributed by atoms with Crippen LogP contribution in [0.1, 0.15) is 58.2 Å². The molecule has 1 aliphatic heterocycles. The second-order valence-electron chi connectivity index (χ2n) is 9.15. The first-order valence-corrected chi connectivity index (χ1v) is 11.7. The molecule has 1 heterocycles. The molecule has 0 aliphatic carbocycles. The first-order chi connectivity index (χ1) is 15.1. The number of hydrogen-bond acceptors (Lipinski definition) is 2. The molecule has 162 valence electrons. The molecule has 2 heteroatoms. The molecular formula is C29H35NO. The number of nitrogens with zero attached hydrogens (tertiary/aromatic N) is 1. The van der Waals surface area contributed by atoms with Crippen LogP contribution in [0.15, 0.2) is 60.7 Å². The molecule has 0 unspecified atom stereocenters. The van der Waals surface area contributed by atoms with E-state index in [0.717, 1.165) is 44.8 Å². The van der Waals surface area contributed by atoms with Crippen molar-refractivity contribution < 1.29 is 4.74 Å². The summed E-state index contributed by atoms with van der Waals surface area (Å²) in [7, 11) is 0. The largest absolute Gasteiger partial charge is 0.493 e. The highest BCUT2D eigenvalue weighted by atomic mass is 16.5. The predicted molar refractivity (Wildman–Crippen MR) is 130 cm³/mol. The van der Waals surface area contributed by atoms with Crippen molar-refractivity contribution in [1.82, 2.24) is 4.90 Å². The molecule has 0 aromatic heterocycles. The van der Waals surface area contributed by atoms with Gasteiger partial charge >= 0.3 is 0 Å². The van der Waals surface area contributed by atoms with Crippen molar-refractivity contribution in [2.24, 2.45) is 0 Å². The lowest BCUT2D eigenvalue weighted by Gasteiger charge is -2.24. The molecule has 2 bridgehead atoms. The van der Waals surface area contributed by atoms with Gasteiger partial charge in [0.05, 0.1) is 6.61 Å². The summed E-state index contributed by atoms with van der Waals surface area (Å²) in [6, 6.07) is 22.6. The number of ether oxygens (including phenoxy) is 1. The van der Waals surface area contributed by atoms with Crippen molar-refractivity contribution in [3.63, 3.8) is 0 Å². The van der Waals surface area contributed by atoms with Gasteiger partial charge in [0.15, 0.2) is 0 Å². The Labute approximate surface area is 187 Å². The summed E-state index contributed by atoms with van der Waals surface area (Å²) >= 11 is 0. The van der Waals surface area contributed by atoms with Gasteiger partial charge in [-0.15, -0.1) is 0 Å². The highest BCUT2D eigenvalue weighted by Gasteiger charge is 2.11. The standard InChI is InChI=1S/C29H35NO/c1-22-10-13-29-28(16-22)19-25-8-7-9-26(18-25)20-30(14-5-4-6-15-31-29)21-27-12-11-23(2)24(3)17-27/h7-13,16-18H,4-6,14-15,19-21H2,1-3H3. The Morgan fingerprint density at radius 1 is 0.806 bits per heavy atom. The average Bonchev–Trinajstić information content (AvgIpc) is 2.74. The summed E-state index contributed by atoms with van der Waals surface area (Å²) in [6.45, 7) is 10.5. The van der Waals surface area contributed by atoms with Gasteiger partial charge in [-0.2, -0.15) is 0 Å². The fourth-order valence-electron chi connectivity index (χ4n) is 4.47. The fraction of sp³-hybridized carbons (Fsp3) is 0.379. The molecule has 0 saturated heterocycles. The van der Waals surface area contributed by atoms with E-state index in [-0.39, 0.29) is 0 Å². The van der Waals surface area contributed by atoms with Crippen LogP contribution in [0, 0.1) is 20.8 Å². The number of rotatable bonds is 2. The monoisotopic (exact) mass is 413 g/mol. The molecule has 0 radical (unpaired) electrons. The van der Waals surface area contributed by atoms with Crippen LogP contribution < -0.4 is 4.74 Å². The van der Waals surface area contributed by atoms with Crippen molar-refractivity contribution in [3.05, 3.63) is 99.6 Å². The van der Waals surface area contributed by atoms with E-state index in [1.807, 2.05) is 0 Å². The molecule has 0 saturated carbocycles. The molecule has 4 rings (SSSR count). The van der Waals surface area contributed by atoms with E-state index in [2.05, 4.69) is 86.3 Å². The molecule has 0 atom stereocenters. The molecule has 0 spiro atoms. The second-order valence-corrected chi connectivity index (χ2v) is 9.15. The molecule has 0 N–H and O–H groups in total. The van der Waals surface area contributed by atoms with Crippen molar-refractivity contribution in [2.75, 3.05) is 13.2 Å². The highest BCUT2D eigenvalue weighted by molar-refractivity contribution is 5.41. The Balaban J connectivity index is 1.58. The summed E-state index contributed by atoms with van der Waals surface area (Å²) in [5.41, 5.74) is 9.50. The second kappa shape index (κ2) is 10.2. The molecule has 0 fully saturated rings. The molecule has 0 amide bonds. The van der Waals surface area contributed by atoms with Crippen LogP contribution >= 0.6 is 0 Å². The Hall–Kier alpha value is -2.58. The number of hydrogen-bond donors (Lipinski definition) is 0. The van der Waals surface area contributed by atoms with Crippen LogP contribution in [0.5, 0.6) is 5.75 Å². The first-order valence-electron chi connectivity index (χ1n) is 11.7. The Morgan fingerprint density at radius 2 is 1.68 bits per heavy atom. The van der Waals surface area contributed by atoms with Crippen LogP contribution in [0.2, 0.25) is 0 Å². The number of aryl methyl sites for hydroxylation is 3. The van der Waals surface area contributed by atoms with E-state index in [1.54, 1.807) is 0 Å². The van der Waals surface area contributed by atoms with Crippen molar-refractivity contribution in [3.8, 4) is 5.75 Å². The molecule has 3 aromatic rings. The molecular weight excluding hydrogens is 378 g/mol.